The standard InChI is InChI=1S/C23H33N3O5/c1-7-24-23(25-11-10-16-8-9-18(27-2)19(12-16)28-3)26-15-17-13-20(29-4)22(31-6)21(14-17)30-5/h8-9,12-14H,7,10-11,15H2,1-6H3,(H2,24,25,26). The Morgan fingerprint density at radius 2 is 1.35 bits per heavy atom. The van der Waals surface area contributed by atoms with Gasteiger partial charge in [0.1, 0.15) is 0 Å². The number of nitrogens with one attached hydrogen (secondary N) is 2. The molecule has 0 heterocycles. The maximum atomic E-state index is 5.42. The van der Waals surface area contributed by atoms with Crippen molar-refractivity contribution >= 4 is 5.96 Å². The molecule has 2 aromatic rings. The van der Waals surface area contributed by atoms with Crippen LogP contribution in [0.2, 0.25) is 0 Å². The number of aliphatic imine (C=N–C) groups is 1. The van der Waals surface area contributed by atoms with Gasteiger partial charge in [-0.1, -0.05) is 6.07 Å². The SMILES string of the molecule is CCNC(=NCc1cc(OC)c(OC)c(OC)c1)NCCc1ccc(OC)c(OC)c1. The van der Waals surface area contributed by atoms with E-state index in [4.69, 9.17) is 23.7 Å². The van der Waals surface area contributed by atoms with E-state index >= 15 is 0 Å². The number of methoxy groups -OCH3 is 5. The van der Waals surface area contributed by atoms with Gasteiger partial charge in [-0.15, -0.1) is 0 Å². The van der Waals surface area contributed by atoms with Gasteiger partial charge in [0.05, 0.1) is 42.1 Å². The molecule has 2 rings (SSSR count). The molecule has 2 aromatic carbocycles. The number of benzene rings is 2. The first kappa shape index (κ1) is 24.0. The highest BCUT2D eigenvalue weighted by Gasteiger charge is 2.13. The van der Waals surface area contributed by atoms with Crippen molar-refractivity contribution < 1.29 is 23.7 Å². The predicted octanol–water partition coefficient (Wildman–Crippen LogP) is 3.03. The van der Waals surface area contributed by atoms with Gasteiger partial charge in [-0.2, -0.15) is 0 Å². The average molecular weight is 432 g/mol. The molecule has 0 aromatic heterocycles. The lowest BCUT2D eigenvalue weighted by molar-refractivity contribution is 0.324. The first-order valence-corrected chi connectivity index (χ1v) is 10.1. The van der Waals surface area contributed by atoms with E-state index in [1.807, 2.05) is 37.3 Å². The number of rotatable bonds is 11. The second-order valence-electron chi connectivity index (χ2n) is 6.59. The number of ether oxygens (including phenoxy) is 5. The van der Waals surface area contributed by atoms with Crippen LogP contribution >= 0.6 is 0 Å². The number of guanidine groups is 1. The largest absolute Gasteiger partial charge is 0.493 e. The maximum Gasteiger partial charge on any atom is 0.203 e. The third-order valence-electron chi connectivity index (χ3n) is 4.64. The Morgan fingerprint density at radius 1 is 0.742 bits per heavy atom. The van der Waals surface area contributed by atoms with Crippen LogP contribution in [0.3, 0.4) is 0 Å². The molecule has 0 aliphatic carbocycles. The lowest BCUT2D eigenvalue weighted by Gasteiger charge is -2.15. The van der Waals surface area contributed by atoms with Crippen LogP contribution in [0.5, 0.6) is 28.7 Å². The van der Waals surface area contributed by atoms with Gasteiger partial charge in [0.25, 0.3) is 0 Å². The number of hydrogen-bond donors (Lipinski definition) is 2. The molecular formula is C23H33N3O5. The molecule has 0 bridgehead atoms. The minimum atomic E-state index is 0.461. The van der Waals surface area contributed by atoms with Crippen LogP contribution in [0.25, 0.3) is 0 Å². The van der Waals surface area contributed by atoms with Crippen molar-refractivity contribution in [3.63, 3.8) is 0 Å². The fourth-order valence-corrected chi connectivity index (χ4v) is 3.10. The molecule has 0 radical (unpaired) electrons. The highest BCUT2D eigenvalue weighted by Crippen LogP contribution is 2.38. The summed E-state index contributed by atoms with van der Waals surface area (Å²) in [5.74, 6) is 3.97. The summed E-state index contributed by atoms with van der Waals surface area (Å²) < 4.78 is 26.9. The fraction of sp³-hybridized carbons (Fsp3) is 0.435. The zero-order valence-corrected chi connectivity index (χ0v) is 19.2. The Balaban J connectivity index is 2.05. The third-order valence-corrected chi connectivity index (χ3v) is 4.64. The fourth-order valence-electron chi connectivity index (χ4n) is 3.10. The van der Waals surface area contributed by atoms with E-state index in [1.165, 1.54) is 0 Å². The highest BCUT2D eigenvalue weighted by molar-refractivity contribution is 5.79. The summed E-state index contributed by atoms with van der Waals surface area (Å²) in [5.41, 5.74) is 2.09. The van der Waals surface area contributed by atoms with Crippen LogP contribution < -0.4 is 34.3 Å². The van der Waals surface area contributed by atoms with Crippen LogP contribution in [0.4, 0.5) is 0 Å². The van der Waals surface area contributed by atoms with E-state index in [9.17, 15) is 0 Å². The van der Waals surface area contributed by atoms with E-state index in [2.05, 4.69) is 15.6 Å². The Labute approximate surface area is 184 Å². The van der Waals surface area contributed by atoms with Crippen LogP contribution in [0.1, 0.15) is 18.1 Å². The Hall–Kier alpha value is -3.29. The summed E-state index contributed by atoms with van der Waals surface area (Å²) in [5, 5.41) is 6.63. The maximum absolute atomic E-state index is 5.42. The molecule has 8 nitrogen and oxygen atoms in total. The second-order valence-corrected chi connectivity index (χ2v) is 6.59. The Morgan fingerprint density at radius 3 is 1.90 bits per heavy atom. The van der Waals surface area contributed by atoms with Crippen LogP contribution in [-0.2, 0) is 13.0 Å². The predicted molar refractivity (Wildman–Crippen MR) is 122 cm³/mol. The van der Waals surface area contributed by atoms with Crippen LogP contribution in [0.15, 0.2) is 35.3 Å². The molecule has 2 N–H and O–H groups in total. The lowest BCUT2D eigenvalue weighted by atomic mass is 10.1. The molecular weight excluding hydrogens is 398 g/mol. The summed E-state index contributed by atoms with van der Waals surface area (Å²) in [4.78, 5) is 4.68. The van der Waals surface area contributed by atoms with E-state index < -0.39 is 0 Å². The third kappa shape index (κ3) is 6.60. The van der Waals surface area contributed by atoms with Crippen LogP contribution in [-0.4, -0.2) is 54.6 Å². The zero-order valence-electron chi connectivity index (χ0n) is 19.2. The summed E-state index contributed by atoms with van der Waals surface area (Å²) in [6, 6.07) is 9.73. The van der Waals surface area contributed by atoms with Crippen molar-refractivity contribution in [2.75, 3.05) is 48.6 Å². The quantitative estimate of drug-likeness (QED) is 0.418. The molecule has 31 heavy (non-hydrogen) atoms. The summed E-state index contributed by atoms with van der Waals surface area (Å²) in [6.07, 6.45) is 0.814. The Kier molecular flexibility index (Phi) is 9.61. The summed E-state index contributed by atoms with van der Waals surface area (Å²) in [7, 11) is 8.06. The molecule has 0 aliphatic heterocycles. The molecule has 0 unspecified atom stereocenters. The van der Waals surface area contributed by atoms with Gasteiger partial charge in [-0.05, 0) is 48.7 Å². The highest BCUT2D eigenvalue weighted by atomic mass is 16.5. The molecule has 0 aliphatic rings. The van der Waals surface area contributed by atoms with Crippen LogP contribution in [0, 0.1) is 0 Å². The molecule has 170 valence electrons. The molecule has 0 fully saturated rings. The normalized spacial score (nSPS) is 11.0. The van der Waals surface area contributed by atoms with E-state index in [1.54, 1.807) is 35.5 Å². The minimum Gasteiger partial charge on any atom is -0.493 e. The zero-order chi connectivity index (χ0) is 22.6. The molecule has 0 saturated carbocycles. The minimum absolute atomic E-state index is 0.461. The molecule has 8 heteroatoms. The smallest absolute Gasteiger partial charge is 0.203 e. The van der Waals surface area contributed by atoms with Crippen molar-refractivity contribution in [1.82, 2.24) is 10.6 Å². The van der Waals surface area contributed by atoms with Gasteiger partial charge >= 0.3 is 0 Å². The van der Waals surface area contributed by atoms with E-state index in [0.717, 1.165) is 48.1 Å². The number of hydrogen-bond acceptors (Lipinski definition) is 6. The number of nitrogens with zero attached hydrogens (tertiary/aromatic N) is 1. The summed E-state index contributed by atoms with van der Waals surface area (Å²) in [6.45, 7) is 3.97. The van der Waals surface area contributed by atoms with Gasteiger partial charge in [0, 0.05) is 13.1 Å². The van der Waals surface area contributed by atoms with Gasteiger partial charge in [-0.3, -0.25) is 0 Å². The van der Waals surface area contributed by atoms with Crippen molar-refractivity contribution in [2.45, 2.75) is 19.9 Å². The first-order chi connectivity index (χ1) is 15.1. The van der Waals surface area contributed by atoms with Gasteiger partial charge in [0.2, 0.25) is 5.75 Å². The molecule has 0 atom stereocenters. The monoisotopic (exact) mass is 431 g/mol. The lowest BCUT2D eigenvalue weighted by Crippen LogP contribution is -2.38. The van der Waals surface area contributed by atoms with E-state index in [-0.39, 0.29) is 0 Å². The van der Waals surface area contributed by atoms with Gasteiger partial charge in [0.15, 0.2) is 29.0 Å². The van der Waals surface area contributed by atoms with Gasteiger partial charge in [-0.25, -0.2) is 4.99 Å². The van der Waals surface area contributed by atoms with Crippen molar-refractivity contribution in [2.24, 2.45) is 4.99 Å². The average Bonchev–Trinajstić information content (AvgIpc) is 2.81. The van der Waals surface area contributed by atoms with Crippen molar-refractivity contribution in [3.8, 4) is 28.7 Å². The summed E-state index contributed by atoms with van der Waals surface area (Å²) >= 11 is 0. The molecule has 0 amide bonds. The van der Waals surface area contributed by atoms with Crippen molar-refractivity contribution in [1.29, 1.82) is 0 Å². The molecule has 0 saturated heterocycles. The second kappa shape index (κ2) is 12.4. The Bertz CT molecular complexity index is 845. The first-order valence-electron chi connectivity index (χ1n) is 10.1. The topological polar surface area (TPSA) is 82.6 Å². The van der Waals surface area contributed by atoms with Gasteiger partial charge < -0.3 is 34.3 Å². The molecule has 0 spiro atoms. The van der Waals surface area contributed by atoms with Crippen molar-refractivity contribution in [3.05, 3.63) is 41.5 Å². The van der Waals surface area contributed by atoms with E-state index in [0.29, 0.717) is 23.8 Å².